The molecule has 1 amide bonds. The number of ether oxygens (including phenoxy) is 1. The van der Waals surface area contributed by atoms with Gasteiger partial charge in [-0.25, -0.2) is 5.43 Å². The van der Waals surface area contributed by atoms with Crippen LogP contribution in [0, 0.1) is 0 Å². The number of nitrogens with one attached hydrogen (secondary N) is 1. The summed E-state index contributed by atoms with van der Waals surface area (Å²) in [6.07, 6.45) is 1.75. The lowest BCUT2D eigenvalue weighted by atomic mass is 10.1. The first-order chi connectivity index (χ1) is 14.0. The van der Waals surface area contributed by atoms with Crippen molar-refractivity contribution in [3.8, 4) is 5.75 Å². The molecule has 0 aliphatic carbocycles. The van der Waals surface area contributed by atoms with Crippen LogP contribution in [-0.4, -0.2) is 12.1 Å². The van der Waals surface area contributed by atoms with E-state index in [4.69, 9.17) is 39.5 Å². The number of hydrogen-bond acceptors (Lipinski definition) is 3. The van der Waals surface area contributed by atoms with E-state index in [2.05, 4.69) is 10.5 Å². The second-order valence-electron chi connectivity index (χ2n) is 6.16. The summed E-state index contributed by atoms with van der Waals surface area (Å²) < 4.78 is 5.86. The monoisotopic (exact) mass is 446 g/mol. The Hall–Kier alpha value is -2.53. The van der Waals surface area contributed by atoms with Crippen molar-refractivity contribution < 1.29 is 9.53 Å². The van der Waals surface area contributed by atoms with Crippen LogP contribution in [0.1, 0.15) is 16.7 Å². The molecule has 0 bridgehead atoms. The summed E-state index contributed by atoms with van der Waals surface area (Å²) >= 11 is 17.9. The van der Waals surface area contributed by atoms with Crippen LogP contribution in [0.25, 0.3) is 0 Å². The minimum atomic E-state index is -0.227. The van der Waals surface area contributed by atoms with E-state index in [1.165, 1.54) is 0 Å². The molecule has 0 spiro atoms. The standard InChI is InChI=1S/C22H17Cl3N2O2/c23-18-8-5-15(6-9-18)11-22(28)27-26-13-16-3-1-2-4-21(16)29-14-17-7-10-19(24)12-20(17)25/h1-10,12-13H,11,14H2,(H,27,28)/b26-13+. The fourth-order valence-electron chi connectivity index (χ4n) is 2.51. The minimum Gasteiger partial charge on any atom is -0.488 e. The quantitative estimate of drug-likeness (QED) is 0.361. The van der Waals surface area contributed by atoms with Crippen LogP contribution < -0.4 is 10.2 Å². The minimum absolute atomic E-state index is 0.210. The molecular weight excluding hydrogens is 431 g/mol. The fourth-order valence-corrected chi connectivity index (χ4v) is 3.10. The number of benzene rings is 3. The Morgan fingerprint density at radius 3 is 2.45 bits per heavy atom. The molecule has 0 unspecified atom stereocenters. The van der Waals surface area contributed by atoms with Gasteiger partial charge in [-0.2, -0.15) is 5.10 Å². The van der Waals surface area contributed by atoms with Crippen molar-refractivity contribution in [1.29, 1.82) is 0 Å². The molecular formula is C22H17Cl3N2O2. The number of halogens is 3. The molecule has 0 aliphatic rings. The van der Waals surface area contributed by atoms with Crippen LogP contribution in [0.2, 0.25) is 15.1 Å². The Kier molecular flexibility index (Phi) is 7.53. The van der Waals surface area contributed by atoms with Crippen molar-refractivity contribution in [2.75, 3.05) is 0 Å². The molecule has 0 heterocycles. The molecule has 3 rings (SSSR count). The Morgan fingerprint density at radius 1 is 0.966 bits per heavy atom. The SMILES string of the molecule is O=C(Cc1ccc(Cl)cc1)N/N=C/c1ccccc1OCc1ccc(Cl)cc1Cl. The lowest BCUT2D eigenvalue weighted by Crippen LogP contribution is -2.19. The molecule has 0 aliphatic heterocycles. The number of carbonyl (C=O) groups excluding carboxylic acids is 1. The predicted molar refractivity (Wildman–Crippen MR) is 118 cm³/mol. The molecule has 3 aromatic rings. The number of hydrazone groups is 1. The van der Waals surface area contributed by atoms with E-state index >= 15 is 0 Å². The van der Waals surface area contributed by atoms with Crippen molar-refractivity contribution in [2.45, 2.75) is 13.0 Å². The summed E-state index contributed by atoms with van der Waals surface area (Å²) in [7, 11) is 0. The Labute approximate surface area is 184 Å². The largest absolute Gasteiger partial charge is 0.488 e. The van der Waals surface area contributed by atoms with Crippen LogP contribution in [0.3, 0.4) is 0 Å². The molecule has 0 saturated carbocycles. The molecule has 1 N–H and O–H groups in total. The van der Waals surface area contributed by atoms with Gasteiger partial charge in [0.15, 0.2) is 0 Å². The Balaban J connectivity index is 1.59. The van der Waals surface area contributed by atoms with E-state index in [1.807, 2.05) is 30.3 Å². The summed E-state index contributed by atoms with van der Waals surface area (Å²) in [5, 5.41) is 5.76. The van der Waals surface area contributed by atoms with E-state index in [1.54, 1.807) is 42.6 Å². The summed E-state index contributed by atoms with van der Waals surface area (Å²) in [6, 6.07) is 19.7. The van der Waals surface area contributed by atoms with Gasteiger partial charge in [0.05, 0.1) is 12.6 Å². The van der Waals surface area contributed by atoms with E-state index in [-0.39, 0.29) is 18.9 Å². The third-order valence-corrected chi connectivity index (χ3v) is 4.83. The number of para-hydroxylation sites is 1. The second-order valence-corrected chi connectivity index (χ2v) is 7.44. The van der Waals surface area contributed by atoms with Crippen LogP contribution in [0.15, 0.2) is 71.8 Å². The van der Waals surface area contributed by atoms with Crippen molar-refractivity contribution in [3.05, 3.63) is 98.5 Å². The number of carbonyl (C=O) groups is 1. The molecule has 0 aromatic heterocycles. The van der Waals surface area contributed by atoms with E-state index in [0.29, 0.717) is 20.8 Å². The zero-order valence-corrected chi connectivity index (χ0v) is 17.5. The highest BCUT2D eigenvalue weighted by Gasteiger charge is 2.06. The van der Waals surface area contributed by atoms with Crippen LogP contribution in [0.4, 0.5) is 0 Å². The van der Waals surface area contributed by atoms with Gasteiger partial charge < -0.3 is 4.74 Å². The average molecular weight is 448 g/mol. The van der Waals surface area contributed by atoms with Gasteiger partial charge in [-0.05, 0) is 42.0 Å². The molecule has 29 heavy (non-hydrogen) atoms. The van der Waals surface area contributed by atoms with E-state index < -0.39 is 0 Å². The zero-order chi connectivity index (χ0) is 20.6. The van der Waals surface area contributed by atoms with Gasteiger partial charge in [-0.15, -0.1) is 0 Å². The zero-order valence-electron chi connectivity index (χ0n) is 15.2. The summed E-state index contributed by atoms with van der Waals surface area (Å²) in [5.74, 6) is 0.393. The summed E-state index contributed by atoms with van der Waals surface area (Å²) in [5.41, 5.74) is 4.91. The number of hydrogen-bond donors (Lipinski definition) is 1. The van der Waals surface area contributed by atoms with Crippen molar-refractivity contribution in [2.24, 2.45) is 5.10 Å². The molecule has 4 nitrogen and oxygen atoms in total. The smallest absolute Gasteiger partial charge is 0.244 e. The highest BCUT2D eigenvalue weighted by molar-refractivity contribution is 6.35. The van der Waals surface area contributed by atoms with E-state index in [9.17, 15) is 4.79 Å². The van der Waals surface area contributed by atoms with Gasteiger partial charge in [0.2, 0.25) is 5.91 Å². The Morgan fingerprint density at radius 2 is 1.69 bits per heavy atom. The van der Waals surface area contributed by atoms with Crippen LogP contribution >= 0.6 is 34.8 Å². The summed E-state index contributed by atoms with van der Waals surface area (Å²) in [6.45, 7) is 0.282. The van der Waals surface area contributed by atoms with Gasteiger partial charge in [-0.3, -0.25) is 4.79 Å². The maximum atomic E-state index is 12.0. The number of rotatable bonds is 7. The number of amides is 1. The van der Waals surface area contributed by atoms with Gasteiger partial charge in [0.25, 0.3) is 0 Å². The highest BCUT2D eigenvalue weighted by Crippen LogP contribution is 2.23. The first-order valence-electron chi connectivity index (χ1n) is 8.73. The molecule has 0 radical (unpaired) electrons. The van der Waals surface area contributed by atoms with E-state index in [0.717, 1.165) is 16.7 Å². The third-order valence-electron chi connectivity index (χ3n) is 3.99. The first-order valence-corrected chi connectivity index (χ1v) is 9.87. The molecule has 3 aromatic carbocycles. The van der Waals surface area contributed by atoms with Crippen LogP contribution in [0.5, 0.6) is 5.75 Å². The van der Waals surface area contributed by atoms with Gasteiger partial charge in [-0.1, -0.05) is 65.1 Å². The molecule has 7 heteroatoms. The molecule has 0 atom stereocenters. The molecule has 148 valence electrons. The lowest BCUT2D eigenvalue weighted by molar-refractivity contribution is -0.120. The van der Waals surface area contributed by atoms with Gasteiger partial charge in [0, 0.05) is 26.2 Å². The van der Waals surface area contributed by atoms with Crippen LogP contribution in [-0.2, 0) is 17.8 Å². The topological polar surface area (TPSA) is 50.7 Å². The van der Waals surface area contributed by atoms with Crippen molar-refractivity contribution in [1.82, 2.24) is 5.43 Å². The summed E-state index contributed by atoms with van der Waals surface area (Å²) in [4.78, 5) is 12.0. The second kappa shape index (κ2) is 10.3. The maximum absolute atomic E-state index is 12.0. The first kappa shape index (κ1) is 21.2. The molecule has 0 saturated heterocycles. The van der Waals surface area contributed by atoms with Gasteiger partial charge >= 0.3 is 0 Å². The predicted octanol–water partition coefficient (Wildman–Crippen LogP) is 5.92. The maximum Gasteiger partial charge on any atom is 0.244 e. The fraction of sp³-hybridized carbons (Fsp3) is 0.0909. The highest BCUT2D eigenvalue weighted by atomic mass is 35.5. The van der Waals surface area contributed by atoms with Crippen molar-refractivity contribution >= 4 is 46.9 Å². The van der Waals surface area contributed by atoms with Gasteiger partial charge in [0.1, 0.15) is 12.4 Å². The average Bonchev–Trinajstić information content (AvgIpc) is 2.70. The number of nitrogens with zero attached hydrogens (tertiary/aromatic N) is 1. The Bertz CT molecular complexity index is 1020. The molecule has 0 fully saturated rings. The third kappa shape index (κ3) is 6.50. The lowest BCUT2D eigenvalue weighted by Gasteiger charge is -2.10. The normalized spacial score (nSPS) is 10.9. The van der Waals surface area contributed by atoms with Crippen molar-refractivity contribution in [3.63, 3.8) is 0 Å².